The summed E-state index contributed by atoms with van der Waals surface area (Å²) in [5.74, 6) is 1.16. The molecule has 0 bridgehead atoms. The third-order valence-corrected chi connectivity index (χ3v) is 6.55. The van der Waals surface area contributed by atoms with Crippen molar-refractivity contribution in [3.63, 3.8) is 0 Å². The molecule has 2 unspecified atom stereocenters. The number of carbonyl (C=O) groups excluding carboxylic acids is 2. The molecule has 0 aromatic rings. The Morgan fingerprint density at radius 2 is 1.32 bits per heavy atom. The van der Waals surface area contributed by atoms with Crippen molar-refractivity contribution >= 4 is 11.8 Å². The lowest BCUT2D eigenvalue weighted by Gasteiger charge is -2.38. The minimum Gasteiger partial charge on any atom is -0.342 e. The summed E-state index contributed by atoms with van der Waals surface area (Å²) in [6.07, 6.45) is 9.69. The third kappa shape index (κ3) is 4.55. The number of piperidine rings is 1. The molecule has 25 heavy (non-hydrogen) atoms. The average molecular weight is 350 g/mol. The maximum absolute atomic E-state index is 13.1. The van der Waals surface area contributed by atoms with Crippen molar-refractivity contribution < 1.29 is 9.59 Å². The SMILES string of the molecule is CNCCC1CCN(C(=O)C2CCCCC2C(=O)N2CCCC2)CC1. The van der Waals surface area contributed by atoms with Gasteiger partial charge in [-0.2, -0.15) is 0 Å². The first-order chi connectivity index (χ1) is 12.2. The molecule has 3 rings (SSSR count). The molecular weight excluding hydrogens is 314 g/mol. The summed E-state index contributed by atoms with van der Waals surface area (Å²) in [6, 6.07) is 0. The highest BCUT2D eigenvalue weighted by Crippen LogP contribution is 2.34. The Hall–Kier alpha value is -1.10. The maximum atomic E-state index is 13.1. The molecule has 0 aromatic carbocycles. The number of rotatable bonds is 5. The first-order valence-corrected chi connectivity index (χ1v) is 10.4. The fraction of sp³-hybridized carbons (Fsp3) is 0.900. The maximum Gasteiger partial charge on any atom is 0.226 e. The second kappa shape index (κ2) is 9.02. The number of hydrogen-bond donors (Lipinski definition) is 1. The van der Waals surface area contributed by atoms with Crippen molar-refractivity contribution in [1.82, 2.24) is 15.1 Å². The van der Waals surface area contributed by atoms with Crippen molar-refractivity contribution in [3.05, 3.63) is 0 Å². The van der Waals surface area contributed by atoms with Gasteiger partial charge in [0.2, 0.25) is 11.8 Å². The number of hydrogen-bond acceptors (Lipinski definition) is 3. The number of nitrogens with one attached hydrogen (secondary N) is 1. The lowest BCUT2D eigenvalue weighted by atomic mass is 9.77. The van der Waals surface area contributed by atoms with Crippen LogP contribution in [0, 0.1) is 17.8 Å². The van der Waals surface area contributed by atoms with Crippen molar-refractivity contribution in [1.29, 1.82) is 0 Å². The first-order valence-electron chi connectivity index (χ1n) is 10.4. The van der Waals surface area contributed by atoms with Crippen LogP contribution in [0.5, 0.6) is 0 Å². The van der Waals surface area contributed by atoms with Crippen LogP contribution in [0.1, 0.15) is 57.8 Å². The molecule has 2 amide bonds. The van der Waals surface area contributed by atoms with Crippen LogP contribution in [-0.4, -0.2) is 61.4 Å². The molecule has 0 radical (unpaired) electrons. The lowest BCUT2D eigenvalue weighted by molar-refractivity contribution is -0.148. The zero-order chi connectivity index (χ0) is 17.6. The zero-order valence-corrected chi connectivity index (χ0v) is 15.8. The quantitative estimate of drug-likeness (QED) is 0.828. The van der Waals surface area contributed by atoms with Crippen LogP contribution < -0.4 is 5.32 Å². The van der Waals surface area contributed by atoms with Crippen molar-refractivity contribution in [2.45, 2.75) is 57.8 Å². The molecule has 2 heterocycles. The number of carbonyl (C=O) groups is 2. The molecule has 142 valence electrons. The van der Waals surface area contributed by atoms with E-state index >= 15 is 0 Å². The molecule has 3 fully saturated rings. The van der Waals surface area contributed by atoms with Crippen LogP contribution in [0.3, 0.4) is 0 Å². The van der Waals surface area contributed by atoms with E-state index < -0.39 is 0 Å². The van der Waals surface area contributed by atoms with Gasteiger partial charge in [0.15, 0.2) is 0 Å². The van der Waals surface area contributed by atoms with Crippen LogP contribution in [0.4, 0.5) is 0 Å². The number of amides is 2. The second-order valence-corrected chi connectivity index (χ2v) is 8.19. The predicted molar refractivity (Wildman–Crippen MR) is 99.1 cm³/mol. The summed E-state index contributed by atoms with van der Waals surface area (Å²) in [6.45, 7) is 4.62. The Labute approximate surface area is 152 Å². The van der Waals surface area contributed by atoms with E-state index in [9.17, 15) is 9.59 Å². The van der Waals surface area contributed by atoms with E-state index in [4.69, 9.17) is 0 Å². The molecule has 0 spiro atoms. The smallest absolute Gasteiger partial charge is 0.226 e. The van der Waals surface area contributed by atoms with E-state index in [2.05, 4.69) is 10.2 Å². The van der Waals surface area contributed by atoms with Gasteiger partial charge in [0.05, 0.1) is 0 Å². The fourth-order valence-electron chi connectivity index (χ4n) is 4.92. The van der Waals surface area contributed by atoms with Gasteiger partial charge in [0.1, 0.15) is 0 Å². The topological polar surface area (TPSA) is 52.7 Å². The minimum absolute atomic E-state index is 0.0543. The van der Waals surface area contributed by atoms with Gasteiger partial charge in [-0.15, -0.1) is 0 Å². The second-order valence-electron chi connectivity index (χ2n) is 8.19. The van der Waals surface area contributed by atoms with Gasteiger partial charge in [0, 0.05) is 38.0 Å². The summed E-state index contributed by atoms with van der Waals surface area (Å²) in [4.78, 5) is 30.1. The van der Waals surface area contributed by atoms with Crippen molar-refractivity contribution in [3.8, 4) is 0 Å². The molecule has 5 heteroatoms. The van der Waals surface area contributed by atoms with E-state index in [0.717, 1.165) is 90.0 Å². The molecule has 3 aliphatic rings. The summed E-state index contributed by atoms with van der Waals surface area (Å²) < 4.78 is 0. The van der Waals surface area contributed by atoms with Crippen LogP contribution >= 0.6 is 0 Å². The number of likely N-dealkylation sites (tertiary alicyclic amines) is 2. The van der Waals surface area contributed by atoms with Crippen LogP contribution in [-0.2, 0) is 9.59 Å². The molecule has 0 aromatic heterocycles. The van der Waals surface area contributed by atoms with Gasteiger partial charge < -0.3 is 15.1 Å². The highest BCUT2D eigenvalue weighted by atomic mass is 16.2. The summed E-state index contributed by atoms with van der Waals surface area (Å²) in [5.41, 5.74) is 0. The highest BCUT2D eigenvalue weighted by molar-refractivity contribution is 5.88. The lowest BCUT2D eigenvalue weighted by Crippen LogP contribution is -2.48. The van der Waals surface area contributed by atoms with Gasteiger partial charge >= 0.3 is 0 Å². The van der Waals surface area contributed by atoms with Gasteiger partial charge in [-0.05, 0) is 64.5 Å². The fourth-order valence-corrected chi connectivity index (χ4v) is 4.92. The Morgan fingerprint density at radius 1 is 0.800 bits per heavy atom. The largest absolute Gasteiger partial charge is 0.342 e. The van der Waals surface area contributed by atoms with Gasteiger partial charge in [-0.25, -0.2) is 0 Å². The predicted octanol–water partition coefficient (Wildman–Crippen LogP) is 2.26. The molecule has 5 nitrogen and oxygen atoms in total. The van der Waals surface area contributed by atoms with Crippen molar-refractivity contribution in [2.24, 2.45) is 17.8 Å². The molecule has 1 N–H and O–H groups in total. The van der Waals surface area contributed by atoms with E-state index in [0.29, 0.717) is 0 Å². The van der Waals surface area contributed by atoms with Gasteiger partial charge in [-0.3, -0.25) is 9.59 Å². The normalized spacial score (nSPS) is 28.4. The van der Waals surface area contributed by atoms with Gasteiger partial charge in [0.25, 0.3) is 0 Å². The average Bonchev–Trinajstić information content (AvgIpc) is 3.20. The van der Waals surface area contributed by atoms with E-state index in [-0.39, 0.29) is 23.7 Å². The molecular formula is C20H35N3O2. The Balaban J connectivity index is 1.56. The standard InChI is InChI=1S/C20H35N3O2/c1-21-11-8-16-9-14-23(15-10-16)20(25)18-7-3-2-6-17(18)19(24)22-12-4-5-13-22/h16-18,21H,2-15H2,1H3. The van der Waals surface area contributed by atoms with Crippen LogP contribution in [0.15, 0.2) is 0 Å². The van der Waals surface area contributed by atoms with Crippen LogP contribution in [0.25, 0.3) is 0 Å². The summed E-state index contributed by atoms with van der Waals surface area (Å²) >= 11 is 0. The molecule has 2 atom stereocenters. The van der Waals surface area contributed by atoms with E-state index in [1.165, 1.54) is 6.42 Å². The van der Waals surface area contributed by atoms with E-state index in [1.54, 1.807) is 0 Å². The number of nitrogens with zero attached hydrogens (tertiary/aromatic N) is 2. The summed E-state index contributed by atoms with van der Waals surface area (Å²) in [5, 5.41) is 3.22. The summed E-state index contributed by atoms with van der Waals surface area (Å²) in [7, 11) is 2.00. The van der Waals surface area contributed by atoms with Crippen molar-refractivity contribution in [2.75, 3.05) is 39.8 Å². The van der Waals surface area contributed by atoms with E-state index in [1.807, 2.05) is 11.9 Å². The molecule has 1 aliphatic carbocycles. The molecule has 2 aliphatic heterocycles. The monoisotopic (exact) mass is 349 g/mol. The van der Waals surface area contributed by atoms with Gasteiger partial charge in [-0.1, -0.05) is 12.8 Å². The third-order valence-electron chi connectivity index (χ3n) is 6.55. The first kappa shape index (κ1) is 18.7. The zero-order valence-electron chi connectivity index (χ0n) is 15.8. The Kier molecular flexibility index (Phi) is 6.74. The Morgan fingerprint density at radius 3 is 1.84 bits per heavy atom. The minimum atomic E-state index is -0.0595. The highest BCUT2D eigenvalue weighted by Gasteiger charge is 2.40. The van der Waals surface area contributed by atoms with Crippen LogP contribution in [0.2, 0.25) is 0 Å². The molecule has 2 saturated heterocycles. The Bertz CT molecular complexity index is 454. The molecule has 1 saturated carbocycles.